The predicted molar refractivity (Wildman–Crippen MR) is 138 cm³/mol. The number of hydrogen-bond donors (Lipinski definition) is 1. The number of nitriles is 1. The summed E-state index contributed by atoms with van der Waals surface area (Å²) in [7, 11) is 0. The van der Waals surface area contributed by atoms with E-state index in [1.54, 1.807) is 24.3 Å². The van der Waals surface area contributed by atoms with Crippen LogP contribution >= 0.6 is 23.4 Å². The monoisotopic (exact) mass is 487 g/mol. The van der Waals surface area contributed by atoms with Crippen LogP contribution in [-0.4, -0.2) is 17.1 Å². The molecule has 1 N–H and O–H groups in total. The van der Waals surface area contributed by atoms with Gasteiger partial charge < -0.3 is 5.32 Å². The Morgan fingerprint density at radius 1 is 1.06 bits per heavy atom. The molecule has 0 saturated carbocycles. The Morgan fingerprint density at radius 2 is 1.76 bits per heavy atom. The van der Waals surface area contributed by atoms with Crippen LogP contribution in [0.15, 0.2) is 83.4 Å². The van der Waals surface area contributed by atoms with Gasteiger partial charge in [-0.25, -0.2) is 0 Å². The van der Waals surface area contributed by atoms with Crippen LogP contribution < -0.4 is 10.2 Å². The average Bonchev–Trinajstić information content (AvgIpc) is 3.15. The summed E-state index contributed by atoms with van der Waals surface area (Å²) in [6.45, 7) is 3.87. The largest absolute Gasteiger partial charge is 0.321 e. The van der Waals surface area contributed by atoms with E-state index in [1.807, 2.05) is 68.4 Å². The summed E-state index contributed by atoms with van der Waals surface area (Å²) in [6.07, 6.45) is 0.382. The standard InChI is InChI=1S/C27H22ClN3O2S/c1-17-9-8-14-23(18(17)2)30-25(32)21(16-29)27-31(20-11-4-3-5-12-20)26(33)24(34-27)15-19-10-6-7-13-22(19)28/h3-14,24H,15H2,1-2H3,(H,30,32)/b27-21-/t24-/m1/s1. The van der Waals surface area contributed by atoms with Crippen LogP contribution in [0.4, 0.5) is 11.4 Å². The van der Waals surface area contributed by atoms with Crippen LogP contribution in [0.3, 0.4) is 0 Å². The van der Waals surface area contributed by atoms with Crippen LogP contribution in [-0.2, 0) is 16.0 Å². The van der Waals surface area contributed by atoms with Gasteiger partial charge in [-0.1, -0.05) is 71.9 Å². The molecular weight excluding hydrogens is 466 g/mol. The van der Waals surface area contributed by atoms with E-state index in [4.69, 9.17) is 11.6 Å². The van der Waals surface area contributed by atoms with Gasteiger partial charge in [0, 0.05) is 16.4 Å². The van der Waals surface area contributed by atoms with Gasteiger partial charge in [0.25, 0.3) is 5.91 Å². The third-order valence-corrected chi connectivity index (χ3v) is 7.37. The zero-order valence-corrected chi connectivity index (χ0v) is 20.3. The highest BCUT2D eigenvalue weighted by atomic mass is 35.5. The summed E-state index contributed by atoms with van der Waals surface area (Å²) in [6, 6.07) is 24.1. The average molecular weight is 488 g/mol. The van der Waals surface area contributed by atoms with Crippen molar-refractivity contribution in [1.82, 2.24) is 0 Å². The zero-order chi connectivity index (χ0) is 24.2. The first-order valence-electron chi connectivity index (χ1n) is 10.7. The van der Waals surface area contributed by atoms with Gasteiger partial charge in [-0.3, -0.25) is 14.5 Å². The second-order valence-electron chi connectivity index (χ2n) is 7.90. The van der Waals surface area contributed by atoms with Gasteiger partial charge in [0.15, 0.2) is 0 Å². The number of hydrogen-bond acceptors (Lipinski definition) is 4. The molecule has 2 amide bonds. The van der Waals surface area contributed by atoms with Gasteiger partial charge in [0.1, 0.15) is 16.7 Å². The first-order chi connectivity index (χ1) is 16.4. The molecule has 170 valence electrons. The lowest BCUT2D eigenvalue weighted by Gasteiger charge is -2.19. The fraction of sp³-hybridized carbons (Fsp3) is 0.148. The zero-order valence-electron chi connectivity index (χ0n) is 18.7. The maximum absolute atomic E-state index is 13.5. The molecule has 0 aliphatic carbocycles. The highest BCUT2D eigenvalue weighted by Crippen LogP contribution is 2.42. The minimum atomic E-state index is -0.550. The third kappa shape index (κ3) is 4.72. The van der Waals surface area contributed by atoms with Crippen LogP contribution in [0.2, 0.25) is 5.02 Å². The van der Waals surface area contributed by atoms with Gasteiger partial charge in [-0.05, 0) is 61.2 Å². The molecule has 0 aromatic heterocycles. The number of amides is 2. The molecule has 1 fully saturated rings. The summed E-state index contributed by atoms with van der Waals surface area (Å²) in [5, 5.41) is 13.2. The van der Waals surface area contributed by atoms with E-state index >= 15 is 0 Å². The topological polar surface area (TPSA) is 73.2 Å². The Hall–Kier alpha value is -3.53. The van der Waals surface area contributed by atoms with Crippen molar-refractivity contribution in [3.63, 3.8) is 0 Å². The van der Waals surface area contributed by atoms with Crippen molar-refractivity contribution in [2.45, 2.75) is 25.5 Å². The molecule has 3 aromatic rings. The number of anilines is 2. The molecule has 1 saturated heterocycles. The fourth-order valence-electron chi connectivity index (χ4n) is 3.73. The van der Waals surface area contributed by atoms with Crippen LogP contribution in [0, 0.1) is 25.2 Å². The summed E-state index contributed by atoms with van der Waals surface area (Å²) in [4.78, 5) is 28.2. The Morgan fingerprint density at radius 3 is 2.47 bits per heavy atom. The Bertz CT molecular complexity index is 1330. The van der Waals surface area contributed by atoms with Crippen molar-refractivity contribution in [2.75, 3.05) is 10.2 Å². The summed E-state index contributed by atoms with van der Waals surface area (Å²) < 4.78 is 0. The van der Waals surface area contributed by atoms with Crippen LogP contribution in [0.25, 0.3) is 0 Å². The molecule has 7 heteroatoms. The van der Waals surface area contributed by atoms with Crippen molar-refractivity contribution in [1.29, 1.82) is 5.26 Å². The number of carbonyl (C=O) groups excluding carboxylic acids is 2. The molecule has 5 nitrogen and oxygen atoms in total. The minimum Gasteiger partial charge on any atom is -0.321 e. The smallest absolute Gasteiger partial charge is 0.269 e. The number of rotatable bonds is 5. The summed E-state index contributed by atoms with van der Waals surface area (Å²) in [5.41, 5.74) is 3.91. The lowest BCUT2D eigenvalue weighted by Crippen LogP contribution is -2.31. The van der Waals surface area contributed by atoms with Gasteiger partial charge in [0.2, 0.25) is 5.91 Å². The van der Waals surface area contributed by atoms with Crippen LogP contribution in [0.5, 0.6) is 0 Å². The first-order valence-corrected chi connectivity index (χ1v) is 12.0. The Kier molecular flexibility index (Phi) is 7.06. The molecule has 0 unspecified atom stereocenters. The highest BCUT2D eigenvalue weighted by Gasteiger charge is 2.41. The summed E-state index contributed by atoms with van der Waals surface area (Å²) in [5.74, 6) is -0.746. The second kappa shape index (κ2) is 10.2. The molecule has 0 radical (unpaired) electrons. The normalized spacial score (nSPS) is 16.8. The third-order valence-electron chi connectivity index (χ3n) is 5.74. The van der Waals surface area contributed by atoms with E-state index in [0.717, 1.165) is 16.7 Å². The molecule has 0 spiro atoms. The van der Waals surface area contributed by atoms with Gasteiger partial charge in [0.05, 0.1) is 5.25 Å². The van der Waals surface area contributed by atoms with Crippen molar-refractivity contribution in [3.05, 3.63) is 105 Å². The number of thioether (sulfide) groups is 1. The highest BCUT2D eigenvalue weighted by molar-refractivity contribution is 8.05. The number of nitrogens with one attached hydrogen (secondary N) is 1. The molecule has 1 heterocycles. The number of halogens is 1. The number of para-hydroxylation sites is 1. The number of carbonyl (C=O) groups is 2. The van der Waals surface area contributed by atoms with Crippen molar-refractivity contribution in [3.8, 4) is 6.07 Å². The molecule has 3 aromatic carbocycles. The van der Waals surface area contributed by atoms with Crippen molar-refractivity contribution in [2.24, 2.45) is 0 Å². The molecule has 1 atom stereocenters. The van der Waals surface area contributed by atoms with Crippen molar-refractivity contribution >= 4 is 46.6 Å². The van der Waals surface area contributed by atoms with E-state index in [9.17, 15) is 14.9 Å². The maximum atomic E-state index is 13.5. The maximum Gasteiger partial charge on any atom is 0.269 e. The predicted octanol–water partition coefficient (Wildman–Crippen LogP) is 6.02. The molecule has 34 heavy (non-hydrogen) atoms. The minimum absolute atomic E-state index is 0.107. The van der Waals surface area contributed by atoms with E-state index < -0.39 is 11.2 Å². The molecular formula is C27H22ClN3O2S. The molecule has 1 aliphatic heterocycles. The van der Waals surface area contributed by atoms with E-state index in [2.05, 4.69) is 5.32 Å². The van der Waals surface area contributed by atoms with E-state index in [-0.39, 0.29) is 11.5 Å². The Labute approximate surface area is 208 Å². The Balaban J connectivity index is 1.74. The van der Waals surface area contributed by atoms with Gasteiger partial charge in [-0.2, -0.15) is 5.26 Å². The number of nitrogens with zero attached hydrogens (tertiary/aromatic N) is 2. The number of benzene rings is 3. The van der Waals surface area contributed by atoms with Crippen LogP contribution in [0.1, 0.15) is 16.7 Å². The van der Waals surface area contributed by atoms with Gasteiger partial charge in [-0.15, -0.1) is 0 Å². The fourth-order valence-corrected chi connectivity index (χ4v) is 5.24. The van der Waals surface area contributed by atoms with E-state index in [0.29, 0.717) is 27.8 Å². The quantitative estimate of drug-likeness (QED) is 0.352. The SMILES string of the molecule is Cc1cccc(NC(=O)/C(C#N)=C2\S[C@H](Cc3ccccc3Cl)C(=O)N2c2ccccc2)c1C. The first kappa shape index (κ1) is 23.6. The van der Waals surface area contributed by atoms with Crippen molar-refractivity contribution < 1.29 is 9.59 Å². The van der Waals surface area contributed by atoms with E-state index in [1.165, 1.54) is 16.7 Å². The second-order valence-corrected chi connectivity index (χ2v) is 9.50. The molecule has 1 aliphatic rings. The lowest BCUT2D eigenvalue weighted by atomic mass is 10.1. The molecule has 0 bridgehead atoms. The van der Waals surface area contributed by atoms with Gasteiger partial charge >= 0.3 is 0 Å². The molecule has 4 rings (SSSR count). The summed E-state index contributed by atoms with van der Waals surface area (Å²) >= 11 is 7.55. The number of aryl methyl sites for hydroxylation is 1. The lowest BCUT2D eigenvalue weighted by molar-refractivity contribution is -0.117.